The molecule has 0 radical (unpaired) electrons. The van der Waals surface area contributed by atoms with Crippen LogP contribution < -0.4 is 15.6 Å². The summed E-state index contributed by atoms with van der Waals surface area (Å²) in [5.41, 5.74) is 0.347. The molecule has 1 amide bonds. The Hall–Kier alpha value is -2.02. The van der Waals surface area contributed by atoms with Crippen LogP contribution in [0.5, 0.6) is 0 Å². The van der Waals surface area contributed by atoms with Crippen LogP contribution in [0, 0.1) is 0 Å². The monoisotopic (exact) mass is 280 g/mol. The molecular weight excluding hydrogens is 266 g/mol. The van der Waals surface area contributed by atoms with Gasteiger partial charge >= 0.3 is 10.7 Å². The molecule has 2 rings (SSSR count). The van der Waals surface area contributed by atoms with E-state index >= 15 is 0 Å². The fraction of sp³-hybridized carbons (Fsp3) is 0.250. The van der Waals surface area contributed by atoms with Crippen LogP contribution in [-0.4, -0.2) is 16.9 Å². The van der Waals surface area contributed by atoms with Crippen molar-refractivity contribution < 1.29 is 14.0 Å². The molecule has 0 unspecified atom stereocenters. The lowest BCUT2D eigenvalue weighted by Gasteiger charge is -2.03. The molecule has 1 heterocycles. The molecule has 0 saturated heterocycles. The molecule has 0 bridgehead atoms. The smallest absolute Gasteiger partial charge is 0.326 e. The molecule has 6 nitrogen and oxygen atoms in total. The van der Waals surface area contributed by atoms with Crippen LogP contribution in [0.25, 0.3) is 0 Å². The van der Waals surface area contributed by atoms with Crippen LogP contribution in [-0.2, 0) is 11.8 Å². The van der Waals surface area contributed by atoms with Crippen LogP contribution in [0.2, 0.25) is 0 Å². The predicted molar refractivity (Wildman–Crippen MR) is 70.9 cm³/mol. The van der Waals surface area contributed by atoms with Crippen molar-refractivity contribution in [2.75, 3.05) is 11.1 Å². The number of H-pyrrole nitrogens is 1. The highest BCUT2D eigenvalue weighted by Gasteiger charge is 2.17. The van der Waals surface area contributed by atoms with Crippen molar-refractivity contribution in [1.29, 1.82) is 0 Å². The van der Waals surface area contributed by atoms with E-state index in [4.69, 9.17) is 0 Å². The second-order valence-corrected chi connectivity index (χ2v) is 4.94. The van der Waals surface area contributed by atoms with Gasteiger partial charge in [-0.3, -0.25) is 9.32 Å². The molecule has 0 saturated carbocycles. The van der Waals surface area contributed by atoms with Crippen molar-refractivity contribution in [2.45, 2.75) is 11.4 Å². The number of anilines is 1. The van der Waals surface area contributed by atoms with Crippen LogP contribution in [0.4, 0.5) is 5.69 Å². The lowest BCUT2D eigenvalue weighted by molar-refractivity contribution is -0.772. The van der Waals surface area contributed by atoms with Gasteiger partial charge in [-0.05, 0) is 29.2 Å². The number of benzene rings is 1. The highest BCUT2D eigenvalue weighted by molar-refractivity contribution is 7.99. The quantitative estimate of drug-likeness (QED) is 0.630. The number of thioether (sulfide) groups is 1. The number of amides is 1. The molecule has 7 heteroatoms. The minimum Gasteiger partial charge on any atom is -0.326 e. The molecule has 1 aromatic heterocycles. The molecule has 0 spiro atoms. The number of aromatic nitrogens is 2. The fourth-order valence-electron chi connectivity index (χ4n) is 1.47. The summed E-state index contributed by atoms with van der Waals surface area (Å²) in [6.45, 7) is 0. The molecule has 2 N–H and O–H groups in total. The van der Waals surface area contributed by atoms with E-state index in [9.17, 15) is 9.59 Å². The molecular formula is C12H14N3O3S+. The number of nitrogens with one attached hydrogen (secondary N) is 2. The van der Waals surface area contributed by atoms with Gasteiger partial charge in [0.25, 0.3) is 0 Å². The zero-order valence-electron chi connectivity index (χ0n) is 10.4. The van der Waals surface area contributed by atoms with E-state index < -0.39 is 5.63 Å². The second kappa shape index (κ2) is 6.24. The van der Waals surface area contributed by atoms with Gasteiger partial charge in [-0.25, -0.2) is 4.79 Å². The minimum atomic E-state index is -0.420. The Morgan fingerprint density at radius 3 is 2.79 bits per heavy atom. The Balaban J connectivity index is 1.80. The number of aromatic amines is 1. The zero-order chi connectivity index (χ0) is 13.7. The average Bonchev–Trinajstić information content (AvgIpc) is 2.71. The van der Waals surface area contributed by atoms with Gasteiger partial charge in [0, 0.05) is 17.9 Å². The molecule has 0 aliphatic carbocycles. The van der Waals surface area contributed by atoms with E-state index in [1.54, 1.807) is 7.05 Å². The molecule has 2 aromatic rings. The summed E-state index contributed by atoms with van der Waals surface area (Å²) < 4.78 is 6.10. The van der Waals surface area contributed by atoms with Gasteiger partial charge in [0.2, 0.25) is 5.91 Å². The highest BCUT2D eigenvalue weighted by Crippen LogP contribution is 2.11. The van der Waals surface area contributed by atoms with Crippen molar-refractivity contribution in [3.63, 3.8) is 0 Å². The third-order valence-electron chi connectivity index (χ3n) is 2.38. The fourth-order valence-corrected chi connectivity index (χ4v) is 2.34. The van der Waals surface area contributed by atoms with Crippen molar-refractivity contribution in [3.8, 4) is 0 Å². The predicted octanol–water partition coefficient (Wildman–Crippen LogP) is 0.913. The number of hydrogen-bond donors (Lipinski definition) is 2. The van der Waals surface area contributed by atoms with Crippen LogP contribution in [0.1, 0.15) is 6.42 Å². The first-order valence-electron chi connectivity index (χ1n) is 5.72. The van der Waals surface area contributed by atoms with E-state index in [1.165, 1.54) is 16.4 Å². The van der Waals surface area contributed by atoms with E-state index in [0.717, 1.165) is 5.69 Å². The molecule has 0 aliphatic heterocycles. The van der Waals surface area contributed by atoms with Crippen molar-refractivity contribution in [2.24, 2.45) is 7.05 Å². The van der Waals surface area contributed by atoms with Crippen molar-refractivity contribution in [1.82, 2.24) is 5.27 Å². The van der Waals surface area contributed by atoms with Crippen molar-refractivity contribution >= 4 is 23.4 Å². The summed E-state index contributed by atoms with van der Waals surface area (Å²) >= 11 is 1.28. The first-order chi connectivity index (χ1) is 9.16. The number of carbonyl (C=O) groups is 1. The Bertz CT molecular complexity index is 606. The number of carbonyl (C=O) groups excluding carboxylic acids is 1. The van der Waals surface area contributed by atoms with Gasteiger partial charge in [0.15, 0.2) is 7.05 Å². The molecule has 0 atom stereocenters. The van der Waals surface area contributed by atoms with E-state index in [2.05, 4.69) is 15.1 Å². The van der Waals surface area contributed by atoms with Crippen molar-refractivity contribution in [3.05, 3.63) is 40.8 Å². The first-order valence-corrected chi connectivity index (χ1v) is 6.70. The number of para-hydroxylation sites is 1. The number of nitrogens with zero attached hydrogens (tertiary/aromatic N) is 1. The van der Waals surface area contributed by atoms with Gasteiger partial charge in [-0.2, -0.15) is 0 Å². The maximum atomic E-state index is 11.7. The SMILES string of the molecule is C[n+]1[nH]oc(=O)c1SCCC(=O)Nc1ccccc1. The second-order valence-electron chi connectivity index (χ2n) is 3.86. The lowest BCUT2D eigenvalue weighted by Crippen LogP contribution is -2.33. The summed E-state index contributed by atoms with van der Waals surface area (Å²) in [6.07, 6.45) is 0.324. The van der Waals surface area contributed by atoms with Crippen LogP contribution in [0.15, 0.2) is 44.7 Å². The van der Waals surface area contributed by atoms with E-state index in [0.29, 0.717) is 17.2 Å². The minimum absolute atomic E-state index is 0.0822. The maximum absolute atomic E-state index is 11.7. The Morgan fingerprint density at radius 1 is 1.42 bits per heavy atom. The van der Waals surface area contributed by atoms with Crippen LogP contribution in [0.3, 0.4) is 0 Å². The summed E-state index contributed by atoms with van der Waals surface area (Å²) in [5, 5.41) is 5.66. The van der Waals surface area contributed by atoms with Gasteiger partial charge in [-0.15, -0.1) is 0 Å². The maximum Gasteiger partial charge on any atom is 0.441 e. The lowest BCUT2D eigenvalue weighted by atomic mass is 10.3. The third-order valence-corrected chi connectivity index (χ3v) is 3.50. The largest absolute Gasteiger partial charge is 0.441 e. The van der Waals surface area contributed by atoms with Gasteiger partial charge in [-0.1, -0.05) is 22.9 Å². The molecule has 100 valence electrons. The molecule has 0 fully saturated rings. The summed E-state index contributed by atoms with van der Waals surface area (Å²) in [4.78, 5) is 22.9. The van der Waals surface area contributed by atoms with Gasteiger partial charge < -0.3 is 5.32 Å². The highest BCUT2D eigenvalue weighted by atomic mass is 32.2. The third kappa shape index (κ3) is 3.72. The van der Waals surface area contributed by atoms with E-state index in [-0.39, 0.29) is 5.91 Å². The average molecular weight is 280 g/mol. The first kappa shape index (κ1) is 13.4. The standard InChI is InChI=1S/C12H13N3O3S/c1-15-11(12(17)18-14-15)19-8-7-10(16)13-9-5-3-2-4-6-9/h2-6H,7-8H2,1H3,(H-,13,14,16,17)/p+1. The Labute approximate surface area is 113 Å². The Kier molecular flexibility index (Phi) is 4.40. The van der Waals surface area contributed by atoms with E-state index in [1.807, 2.05) is 30.3 Å². The number of hydrogen-bond acceptors (Lipinski definition) is 4. The van der Waals surface area contributed by atoms with Gasteiger partial charge in [0.1, 0.15) is 0 Å². The van der Waals surface area contributed by atoms with Crippen LogP contribution >= 0.6 is 11.8 Å². The normalized spacial score (nSPS) is 10.4. The summed E-state index contributed by atoms with van der Waals surface area (Å²) in [7, 11) is 1.68. The Morgan fingerprint density at radius 2 is 2.16 bits per heavy atom. The van der Waals surface area contributed by atoms with Gasteiger partial charge in [0.05, 0.1) is 0 Å². The molecule has 19 heavy (non-hydrogen) atoms. The summed E-state index contributed by atoms with van der Waals surface area (Å²) in [5.74, 6) is 0.427. The molecule has 1 aromatic carbocycles. The summed E-state index contributed by atoms with van der Waals surface area (Å²) in [6, 6.07) is 9.25. The molecule has 0 aliphatic rings. The zero-order valence-corrected chi connectivity index (χ0v) is 11.2. The number of aryl methyl sites for hydroxylation is 1. The number of rotatable bonds is 5. The topological polar surface area (TPSA) is 79.0 Å².